The third kappa shape index (κ3) is 13.7. The van der Waals surface area contributed by atoms with Crippen molar-refractivity contribution in [2.75, 3.05) is 18.5 Å². The van der Waals surface area contributed by atoms with E-state index in [0.717, 1.165) is 18.5 Å². The van der Waals surface area contributed by atoms with Crippen molar-refractivity contribution in [3.63, 3.8) is 0 Å². The fraction of sp³-hybridized carbons (Fsp3) is 0.667. The maximum Gasteiger partial charge on any atom is 1.00 e. The zero-order chi connectivity index (χ0) is 9.94. The smallest absolute Gasteiger partial charge is 1.00 e. The van der Waals surface area contributed by atoms with Gasteiger partial charge in [-0.05, 0) is 18.5 Å². The summed E-state index contributed by atoms with van der Waals surface area (Å²) in [4.78, 5) is 0. The average Bonchev–Trinajstić information content (AvgIpc) is 2.17. The molecule has 0 aromatic heterocycles. The van der Waals surface area contributed by atoms with Gasteiger partial charge in [-0.2, -0.15) is 15.8 Å². The van der Waals surface area contributed by atoms with E-state index in [1.54, 1.807) is 0 Å². The molecule has 0 saturated carbocycles. The van der Waals surface area contributed by atoms with Crippen LogP contribution in [0, 0.1) is 34.0 Å². The summed E-state index contributed by atoms with van der Waals surface area (Å²) in [5, 5.41) is 25.2. The maximum absolute atomic E-state index is 8.40. The van der Waals surface area contributed by atoms with Gasteiger partial charge >= 0.3 is 17.1 Å². The topological polar surface area (TPSA) is 71.4 Å². The number of rotatable bonds is 6. The first kappa shape index (κ1) is 20.2. The molecule has 0 saturated heterocycles. The number of hydrogen-bond donors (Lipinski definition) is 0. The van der Waals surface area contributed by atoms with Crippen LogP contribution in [0.2, 0.25) is 0 Å². The molecule has 0 bridgehead atoms. The largest absolute Gasteiger partial charge is 1.00 e. The van der Waals surface area contributed by atoms with Crippen LogP contribution in [0.15, 0.2) is 0 Å². The van der Waals surface area contributed by atoms with Crippen molar-refractivity contribution < 1.29 is 29.5 Å². The van der Waals surface area contributed by atoms with Crippen molar-refractivity contribution in [3.05, 3.63) is 0 Å². The third-order valence-electron chi connectivity index (χ3n) is 1.62. The minimum Gasteiger partial charge on any atom is -1.00 e. The second-order valence-corrected chi connectivity index (χ2v) is 5.25. The predicted octanol–water partition coefficient (Wildman–Crippen LogP) is -0.789. The fourth-order valence-corrected chi connectivity index (χ4v) is 2.88. The van der Waals surface area contributed by atoms with Crippen LogP contribution in [0.25, 0.3) is 0 Å². The SMILES string of the molecule is N#CCCP(CCC#N)CCC#N.[Cl-].[Cu+]. The molecule has 0 aromatic carbocycles. The van der Waals surface area contributed by atoms with Gasteiger partial charge in [0, 0.05) is 19.3 Å². The van der Waals surface area contributed by atoms with Gasteiger partial charge in [-0.15, -0.1) is 7.92 Å². The van der Waals surface area contributed by atoms with Crippen LogP contribution in [0.4, 0.5) is 0 Å². The fourth-order valence-electron chi connectivity index (χ4n) is 0.960. The molecule has 0 fully saturated rings. The summed E-state index contributed by atoms with van der Waals surface area (Å²) >= 11 is 0. The first-order valence-electron chi connectivity index (χ1n) is 4.18. The molecular formula is C9H12ClCuN3P. The van der Waals surface area contributed by atoms with E-state index in [9.17, 15) is 0 Å². The van der Waals surface area contributed by atoms with E-state index < -0.39 is 0 Å². The minimum atomic E-state index is -0.246. The summed E-state index contributed by atoms with van der Waals surface area (Å²) in [5.41, 5.74) is 0. The van der Waals surface area contributed by atoms with Gasteiger partial charge in [0.15, 0.2) is 0 Å². The molecule has 3 nitrogen and oxygen atoms in total. The van der Waals surface area contributed by atoms with Gasteiger partial charge in [0.05, 0.1) is 18.2 Å². The van der Waals surface area contributed by atoms with Crippen molar-refractivity contribution in [1.29, 1.82) is 15.8 Å². The van der Waals surface area contributed by atoms with Crippen molar-refractivity contribution in [2.45, 2.75) is 19.3 Å². The molecule has 0 N–H and O–H groups in total. The summed E-state index contributed by atoms with van der Waals surface area (Å²) < 4.78 is 0. The van der Waals surface area contributed by atoms with Crippen LogP contribution in [-0.4, -0.2) is 18.5 Å². The molecule has 0 aliphatic carbocycles. The van der Waals surface area contributed by atoms with Crippen molar-refractivity contribution >= 4 is 7.92 Å². The van der Waals surface area contributed by atoms with Crippen molar-refractivity contribution in [3.8, 4) is 18.2 Å². The van der Waals surface area contributed by atoms with Crippen LogP contribution in [0.3, 0.4) is 0 Å². The Bertz CT molecular complexity index is 211. The van der Waals surface area contributed by atoms with E-state index in [4.69, 9.17) is 15.8 Å². The molecule has 0 spiro atoms. The number of nitriles is 3. The Kier molecular flexibility index (Phi) is 21.7. The molecule has 0 aliphatic rings. The van der Waals surface area contributed by atoms with E-state index >= 15 is 0 Å². The molecule has 86 valence electrons. The Balaban J connectivity index is -0.000000720. The third-order valence-corrected chi connectivity index (χ3v) is 4.19. The molecule has 0 atom stereocenters. The van der Waals surface area contributed by atoms with E-state index in [-0.39, 0.29) is 37.4 Å². The Labute approximate surface area is 109 Å². The summed E-state index contributed by atoms with van der Waals surface area (Å²) in [6, 6.07) is 6.30. The van der Waals surface area contributed by atoms with Gasteiger partial charge in [-0.3, -0.25) is 0 Å². The summed E-state index contributed by atoms with van der Waals surface area (Å²) in [5.74, 6) is 0. The zero-order valence-corrected chi connectivity index (χ0v) is 10.8. The van der Waals surface area contributed by atoms with Crippen LogP contribution in [0.5, 0.6) is 0 Å². The number of halogens is 1. The Morgan fingerprint density at radius 2 is 1.00 bits per heavy atom. The normalized spacial score (nSPS) is 7.60. The molecule has 0 unspecified atom stereocenters. The van der Waals surface area contributed by atoms with Gasteiger partial charge in [-0.1, -0.05) is 0 Å². The molecule has 0 amide bonds. The summed E-state index contributed by atoms with van der Waals surface area (Å²) in [6.45, 7) is 0. The molecule has 0 aromatic rings. The first-order chi connectivity index (χ1) is 6.35. The Morgan fingerprint density at radius 3 is 1.20 bits per heavy atom. The van der Waals surface area contributed by atoms with E-state index in [2.05, 4.69) is 18.2 Å². The van der Waals surface area contributed by atoms with Crippen molar-refractivity contribution in [1.82, 2.24) is 0 Å². The second kappa shape index (κ2) is 16.2. The Morgan fingerprint density at radius 1 is 0.733 bits per heavy atom. The van der Waals surface area contributed by atoms with Gasteiger partial charge in [-0.25, -0.2) is 0 Å². The summed E-state index contributed by atoms with van der Waals surface area (Å²) in [7, 11) is -0.246. The first-order valence-corrected chi connectivity index (χ1v) is 6.08. The Hall–Kier alpha value is -0.291. The monoisotopic (exact) mass is 291 g/mol. The van der Waals surface area contributed by atoms with E-state index in [1.165, 1.54) is 0 Å². The van der Waals surface area contributed by atoms with Gasteiger partial charge in [0.2, 0.25) is 0 Å². The molecular weight excluding hydrogens is 280 g/mol. The quantitative estimate of drug-likeness (QED) is 0.476. The van der Waals surface area contributed by atoms with Gasteiger partial charge < -0.3 is 12.4 Å². The molecule has 0 radical (unpaired) electrons. The van der Waals surface area contributed by atoms with Crippen LogP contribution in [0.1, 0.15) is 19.3 Å². The zero-order valence-electron chi connectivity index (χ0n) is 8.21. The molecule has 15 heavy (non-hydrogen) atoms. The van der Waals surface area contributed by atoms with Gasteiger partial charge in [0.1, 0.15) is 0 Å². The minimum absolute atomic E-state index is 0. The number of nitrogens with zero attached hydrogens (tertiary/aromatic N) is 3. The molecule has 0 heterocycles. The molecule has 0 aliphatic heterocycles. The molecule has 6 heteroatoms. The second-order valence-electron chi connectivity index (χ2n) is 2.57. The maximum atomic E-state index is 8.40. The standard InChI is InChI=1S/C9H12N3P.ClH.Cu/c10-4-1-7-13(8-2-5-11)9-3-6-12;;/h1-3,7-9H2;1H;/q;;+1/p-1. The average molecular weight is 292 g/mol. The van der Waals surface area contributed by atoms with Crippen LogP contribution < -0.4 is 12.4 Å². The van der Waals surface area contributed by atoms with Crippen LogP contribution in [-0.2, 0) is 17.1 Å². The number of hydrogen-bond acceptors (Lipinski definition) is 3. The van der Waals surface area contributed by atoms with E-state index in [1.807, 2.05) is 0 Å². The predicted molar refractivity (Wildman–Crippen MR) is 52.2 cm³/mol. The summed E-state index contributed by atoms with van der Waals surface area (Å²) in [6.07, 6.45) is 4.33. The van der Waals surface area contributed by atoms with Crippen molar-refractivity contribution in [2.24, 2.45) is 0 Å². The van der Waals surface area contributed by atoms with Gasteiger partial charge in [0.25, 0.3) is 0 Å². The molecule has 0 rings (SSSR count). The van der Waals surface area contributed by atoms with Crippen LogP contribution >= 0.6 is 7.92 Å². The van der Waals surface area contributed by atoms with E-state index in [0.29, 0.717) is 19.3 Å².